The third-order valence-electron chi connectivity index (χ3n) is 4.11. The SMILES string of the molecule is CCNC(=NCC(=O)N1CCCC1)NCC(C)Oc1cccc(OC)c1. The van der Waals surface area contributed by atoms with Crippen molar-refractivity contribution in [3.05, 3.63) is 24.3 Å². The number of ether oxygens (including phenoxy) is 2. The molecule has 1 fully saturated rings. The number of likely N-dealkylation sites (tertiary alicyclic amines) is 1. The van der Waals surface area contributed by atoms with Crippen LogP contribution in [0.25, 0.3) is 0 Å². The Hall–Kier alpha value is -2.44. The molecule has 1 aromatic carbocycles. The molecule has 144 valence electrons. The van der Waals surface area contributed by atoms with Crippen molar-refractivity contribution in [1.29, 1.82) is 0 Å². The molecule has 0 saturated carbocycles. The molecule has 0 radical (unpaired) electrons. The second-order valence-corrected chi connectivity index (χ2v) is 6.27. The van der Waals surface area contributed by atoms with Gasteiger partial charge in [-0.1, -0.05) is 6.07 Å². The highest BCUT2D eigenvalue weighted by molar-refractivity contribution is 5.85. The third kappa shape index (κ3) is 6.46. The highest BCUT2D eigenvalue weighted by Crippen LogP contribution is 2.19. The predicted octanol–water partition coefficient (Wildman–Crippen LogP) is 1.64. The second kappa shape index (κ2) is 10.5. The maximum atomic E-state index is 12.1. The Morgan fingerprint density at radius 1 is 1.27 bits per heavy atom. The van der Waals surface area contributed by atoms with Gasteiger partial charge in [0.05, 0.1) is 13.7 Å². The van der Waals surface area contributed by atoms with E-state index in [1.807, 2.05) is 43.0 Å². The number of carbonyl (C=O) groups excluding carboxylic acids is 1. The highest BCUT2D eigenvalue weighted by atomic mass is 16.5. The zero-order valence-corrected chi connectivity index (χ0v) is 16.0. The minimum atomic E-state index is -0.0692. The average molecular weight is 362 g/mol. The van der Waals surface area contributed by atoms with Crippen LogP contribution in [0.5, 0.6) is 11.5 Å². The van der Waals surface area contributed by atoms with E-state index in [9.17, 15) is 4.79 Å². The smallest absolute Gasteiger partial charge is 0.244 e. The highest BCUT2D eigenvalue weighted by Gasteiger charge is 2.17. The first-order valence-electron chi connectivity index (χ1n) is 9.23. The summed E-state index contributed by atoms with van der Waals surface area (Å²) in [6.07, 6.45) is 2.11. The molecule has 7 nitrogen and oxygen atoms in total. The summed E-state index contributed by atoms with van der Waals surface area (Å²) >= 11 is 0. The van der Waals surface area contributed by atoms with E-state index in [1.54, 1.807) is 7.11 Å². The van der Waals surface area contributed by atoms with Crippen LogP contribution in [0.4, 0.5) is 0 Å². The topological polar surface area (TPSA) is 75.2 Å². The number of carbonyl (C=O) groups is 1. The fraction of sp³-hybridized carbons (Fsp3) is 0.579. The monoisotopic (exact) mass is 362 g/mol. The van der Waals surface area contributed by atoms with Crippen molar-refractivity contribution in [2.45, 2.75) is 32.8 Å². The Morgan fingerprint density at radius 3 is 2.69 bits per heavy atom. The number of nitrogens with one attached hydrogen (secondary N) is 2. The van der Waals surface area contributed by atoms with Gasteiger partial charge < -0.3 is 25.0 Å². The molecule has 1 aliphatic rings. The lowest BCUT2D eigenvalue weighted by Gasteiger charge is -2.18. The summed E-state index contributed by atoms with van der Waals surface area (Å²) in [5.41, 5.74) is 0. The van der Waals surface area contributed by atoms with Gasteiger partial charge in [-0.15, -0.1) is 0 Å². The van der Waals surface area contributed by atoms with Gasteiger partial charge in [-0.3, -0.25) is 4.79 Å². The first kappa shape index (κ1) is 19.9. The van der Waals surface area contributed by atoms with Gasteiger partial charge in [-0.2, -0.15) is 0 Å². The van der Waals surface area contributed by atoms with Crippen LogP contribution in [0, 0.1) is 0 Å². The van der Waals surface area contributed by atoms with E-state index in [-0.39, 0.29) is 18.6 Å². The van der Waals surface area contributed by atoms with Crippen molar-refractivity contribution in [2.24, 2.45) is 4.99 Å². The molecule has 2 N–H and O–H groups in total. The van der Waals surface area contributed by atoms with E-state index in [2.05, 4.69) is 15.6 Å². The van der Waals surface area contributed by atoms with Crippen LogP contribution in [0.15, 0.2) is 29.3 Å². The van der Waals surface area contributed by atoms with Crippen LogP contribution in [-0.2, 0) is 4.79 Å². The lowest BCUT2D eigenvalue weighted by molar-refractivity contribution is -0.128. The Kier molecular flexibility index (Phi) is 8.05. The molecule has 1 atom stereocenters. The third-order valence-corrected chi connectivity index (χ3v) is 4.11. The molecule has 0 bridgehead atoms. The van der Waals surface area contributed by atoms with Crippen molar-refractivity contribution >= 4 is 11.9 Å². The van der Waals surface area contributed by atoms with Crippen molar-refractivity contribution in [1.82, 2.24) is 15.5 Å². The van der Waals surface area contributed by atoms with Crippen molar-refractivity contribution in [3.8, 4) is 11.5 Å². The van der Waals surface area contributed by atoms with Crippen LogP contribution >= 0.6 is 0 Å². The average Bonchev–Trinajstić information content (AvgIpc) is 3.18. The molecule has 1 amide bonds. The van der Waals surface area contributed by atoms with Gasteiger partial charge in [0.25, 0.3) is 0 Å². The van der Waals surface area contributed by atoms with E-state index >= 15 is 0 Å². The molecule has 0 aromatic heterocycles. The van der Waals surface area contributed by atoms with Crippen LogP contribution in [0.3, 0.4) is 0 Å². The van der Waals surface area contributed by atoms with Gasteiger partial charge >= 0.3 is 0 Å². The quantitative estimate of drug-likeness (QED) is 0.543. The molecular formula is C19H30N4O3. The molecule has 7 heteroatoms. The molecule has 0 aliphatic carbocycles. The summed E-state index contributed by atoms with van der Waals surface area (Å²) in [6, 6.07) is 7.52. The summed E-state index contributed by atoms with van der Waals surface area (Å²) in [5, 5.41) is 6.39. The number of benzene rings is 1. The van der Waals surface area contributed by atoms with Crippen LogP contribution in [-0.4, -0.2) is 62.7 Å². The van der Waals surface area contributed by atoms with E-state index in [4.69, 9.17) is 9.47 Å². The minimum absolute atomic E-state index is 0.0692. The van der Waals surface area contributed by atoms with Gasteiger partial charge in [-0.25, -0.2) is 4.99 Å². The summed E-state index contributed by atoms with van der Waals surface area (Å²) in [7, 11) is 1.63. The number of hydrogen-bond acceptors (Lipinski definition) is 4. The number of guanidine groups is 1. The van der Waals surface area contributed by atoms with E-state index in [0.717, 1.165) is 44.0 Å². The summed E-state index contributed by atoms with van der Waals surface area (Å²) < 4.78 is 11.1. The maximum absolute atomic E-state index is 12.1. The molecule has 0 spiro atoms. The first-order chi connectivity index (χ1) is 12.6. The van der Waals surface area contributed by atoms with Crippen LogP contribution in [0.2, 0.25) is 0 Å². The molecule has 1 heterocycles. The van der Waals surface area contributed by atoms with Gasteiger partial charge in [0, 0.05) is 25.7 Å². The Balaban J connectivity index is 1.82. The Bertz CT molecular complexity index is 600. The van der Waals surface area contributed by atoms with Crippen molar-refractivity contribution in [2.75, 3.05) is 39.8 Å². The molecular weight excluding hydrogens is 332 g/mol. The molecule has 2 rings (SSSR count). The summed E-state index contributed by atoms with van der Waals surface area (Å²) in [6.45, 7) is 7.14. The molecule has 1 unspecified atom stereocenters. The number of aliphatic imine (C=N–C) groups is 1. The largest absolute Gasteiger partial charge is 0.497 e. The zero-order chi connectivity index (χ0) is 18.8. The molecule has 1 aromatic rings. The van der Waals surface area contributed by atoms with Gasteiger partial charge in [0.2, 0.25) is 5.91 Å². The maximum Gasteiger partial charge on any atom is 0.244 e. The van der Waals surface area contributed by atoms with E-state index < -0.39 is 0 Å². The van der Waals surface area contributed by atoms with Crippen molar-refractivity contribution in [3.63, 3.8) is 0 Å². The first-order valence-corrected chi connectivity index (χ1v) is 9.23. The number of nitrogens with zero attached hydrogens (tertiary/aromatic N) is 2. The Morgan fingerprint density at radius 2 is 2.00 bits per heavy atom. The minimum Gasteiger partial charge on any atom is -0.497 e. The normalized spacial score (nSPS) is 15.5. The zero-order valence-electron chi connectivity index (χ0n) is 16.0. The van der Waals surface area contributed by atoms with Crippen LogP contribution in [0.1, 0.15) is 26.7 Å². The Labute approximate surface area is 155 Å². The van der Waals surface area contributed by atoms with E-state index in [1.165, 1.54) is 0 Å². The summed E-state index contributed by atoms with van der Waals surface area (Å²) in [4.78, 5) is 18.4. The number of rotatable bonds is 8. The lowest BCUT2D eigenvalue weighted by Crippen LogP contribution is -2.42. The molecule has 1 aliphatic heterocycles. The van der Waals surface area contributed by atoms with Gasteiger partial charge in [0.15, 0.2) is 5.96 Å². The van der Waals surface area contributed by atoms with Crippen molar-refractivity contribution < 1.29 is 14.3 Å². The molecule has 26 heavy (non-hydrogen) atoms. The predicted molar refractivity (Wildman–Crippen MR) is 103 cm³/mol. The van der Waals surface area contributed by atoms with Crippen LogP contribution < -0.4 is 20.1 Å². The summed E-state index contributed by atoms with van der Waals surface area (Å²) in [5.74, 6) is 2.23. The lowest BCUT2D eigenvalue weighted by atomic mass is 10.3. The standard InChI is InChI=1S/C19H30N4O3/c1-4-20-19(22-14-18(24)23-10-5-6-11-23)21-13-15(2)26-17-9-7-8-16(12-17)25-3/h7-9,12,15H,4-6,10-11,13-14H2,1-3H3,(H2,20,21,22). The number of methoxy groups -OCH3 is 1. The fourth-order valence-corrected chi connectivity index (χ4v) is 2.74. The number of amides is 1. The molecule has 1 saturated heterocycles. The van der Waals surface area contributed by atoms with Gasteiger partial charge in [-0.05, 0) is 38.8 Å². The van der Waals surface area contributed by atoms with E-state index in [0.29, 0.717) is 12.5 Å². The van der Waals surface area contributed by atoms with Gasteiger partial charge in [0.1, 0.15) is 24.1 Å². The second-order valence-electron chi connectivity index (χ2n) is 6.27. The fourth-order valence-electron chi connectivity index (χ4n) is 2.74. The number of hydrogen-bond donors (Lipinski definition) is 2.